The number of guanidine groups is 1. The van der Waals surface area contributed by atoms with E-state index in [2.05, 4.69) is 53.6 Å². The van der Waals surface area contributed by atoms with Crippen LogP contribution in [-0.4, -0.2) is 42.5 Å². The van der Waals surface area contributed by atoms with Crippen LogP contribution in [0.4, 0.5) is 0 Å². The Bertz CT molecular complexity index is 755. The highest BCUT2D eigenvalue weighted by molar-refractivity contribution is 14.0. The molecule has 0 aliphatic carbocycles. The third-order valence-corrected chi connectivity index (χ3v) is 4.87. The van der Waals surface area contributed by atoms with Gasteiger partial charge in [0.05, 0.1) is 12.8 Å². The van der Waals surface area contributed by atoms with Gasteiger partial charge in [-0.05, 0) is 63.3 Å². The van der Waals surface area contributed by atoms with Gasteiger partial charge >= 0.3 is 0 Å². The lowest BCUT2D eigenvalue weighted by atomic mass is 10.1. The standard InChI is InChI=1S/C21H33N5O.HI/c1-15(14-20-16(2)25-26(5)17(20)3)24-21(22-4)23-13-7-8-18-9-11-19(27-6)12-10-18;/h9-12,15H,7-8,13-14H2,1-6H3,(H2,22,23,24);1H. The molecule has 0 bridgehead atoms. The van der Waals surface area contributed by atoms with E-state index in [4.69, 9.17) is 4.74 Å². The van der Waals surface area contributed by atoms with Crippen molar-refractivity contribution in [3.8, 4) is 5.75 Å². The highest BCUT2D eigenvalue weighted by Gasteiger charge is 2.13. The number of methoxy groups -OCH3 is 1. The second-order valence-corrected chi connectivity index (χ2v) is 6.97. The summed E-state index contributed by atoms with van der Waals surface area (Å²) in [5, 5.41) is 11.4. The van der Waals surface area contributed by atoms with Gasteiger partial charge in [-0.15, -0.1) is 24.0 Å². The number of nitrogens with one attached hydrogen (secondary N) is 2. The minimum Gasteiger partial charge on any atom is -0.497 e. The van der Waals surface area contributed by atoms with Crippen molar-refractivity contribution in [2.24, 2.45) is 12.0 Å². The Labute approximate surface area is 186 Å². The Hall–Kier alpha value is -1.77. The average Bonchev–Trinajstić information content (AvgIpc) is 2.90. The molecule has 1 aromatic carbocycles. The van der Waals surface area contributed by atoms with Crippen LogP contribution in [0.15, 0.2) is 29.3 Å². The quantitative estimate of drug-likeness (QED) is 0.253. The number of ether oxygens (including phenoxy) is 1. The predicted octanol–water partition coefficient (Wildman–Crippen LogP) is 3.39. The molecular formula is C21H34IN5O. The third kappa shape index (κ3) is 7.00. The fraction of sp³-hybridized carbons (Fsp3) is 0.524. The van der Waals surface area contributed by atoms with Gasteiger partial charge in [0.1, 0.15) is 5.75 Å². The number of aliphatic imine (C=N–C) groups is 1. The lowest BCUT2D eigenvalue weighted by Gasteiger charge is -2.18. The molecule has 6 nitrogen and oxygen atoms in total. The summed E-state index contributed by atoms with van der Waals surface area (Å²) in [5.41, 5.74) is 4.96. The topological polar surface area (TPSA) is 63.5 Å². The number of halogens is 1. The van der Waals surface area contributed by atoms with Crippen LogP contribution >= 0.6 is 24.0 Å². The molecule has 0 saturated carbocycles. The zero-order chi connectivity index (χ0) is 19.8. The molecule has 2 N–H and O–H groups in total. The first-order valence-electron chi connectivity index (χ1n) is 9.53. The molecule has 1 atom stereocenters. The summed E-state index contributed by atoms with van der Waals surface area (Å²) in [4.78, 5) is 4.34. The molecule has 0 spiro atoms. The van der Waals surface area contributed by atoms with Gasteiger partial charge in [0.2, 0.25) is 0 Å². The predicted molar refractivity (Wildman–Crippen MR) is 127 cm³/mol. The van der Waals surface area contributed by atoms with Crippen molar-refractivity contribution in [1.82, 2.24) is 20.4 Å². The Kier molecular flexibility index (Phi) is 10.3. The summed E-state index contributed by atoms with van der Waals surface area (Å²) in [5.74, 6) is 1.74. The van der Waals surface area contributed by atoms with E-state index >= 15 is 0 Å². The summed E-state index contributed by atoms with van der Waals surface area (Å²) in [6.45, 7) is 7.25. The van der Waals surface area contributed by atoms with Gasteiger partial charge < -0.3 is 15.4 Å². The summed E-state index contributed by atoms with van der Waals surface area (Å²) in [6, 6.07) is 8.53. The van der Waals surface area contributed by atoms with E-state index in [9.17, 15) is 0 Å². The van der Waals surface area contributed by atoms with Gasteiger partial charge in [-0.1, -0.05) is 12.1 Å². The van der Waals surface area contributed by atoms with Gasteiger partial charge in [-0.25, -0.2) is 0 Å². The van der Waals surface area contributed by atoms with E-state index in [0.29, 0.717) is 0 Å². The summed E-state index contributed by atoms with van der Waals surface area (Å²) in [7, 11) is 5.49. The summed E-state index contributed by atoms with van der Waals surface area (Å²) < 4.78 is 7.14. The van der Waals surface area contributed by atoms with E-state index in [0.717, 1.165) is 43.2 Å². The maximum absolute atomic E-state index is 5.19. The fourth-order valence-electron chi connectivity index (χ4n) is 3.19. The van der Waals surface area contributed by atoms with Crippen molar-refractivity contribution in [3.63, 3.8) is 0 Å². The van der Waals surface area contributed by atoms with Crippen molar-refractivity contribution in [2.75, 3.05) is 20.7 Å². The van der Waals surface area contributed by atoms with Crippen LogP contribution < -0.4 is 15.4 Å². The highest BCUT2D eigenvalue weighted by atomic mass is 127. The molecule has 1 heterocycles. The van der Waals surface area contributed by atoms with Crippen molar-refractivity contribution in [2.45, 2.75) is 46.1 Å². The molecule has 0 radical (unpaired) electrons. The molecule has 2 aromatic rings. The number of hydrogen-bond acceptors (Lipinski definition) is 3. The molecule has 0 amide bonds. The molecule has 1 unspecified atom stereocenters. The molecule has 1 aromatic heterocycles. The Morgan fingerprint density at radius 1 is 1.25 bits per heavy atom. The molecule has 0 aliphatic rings. The molecule has 0 aliphatic heterocycles. The SMILES string of the molecule is CN=C(NCCCc1ccc(OC)cc1)NC(C)Cc1c(C)nn(C)c1C.I. The molecular weight excluding hydrogens is 465 g/mol. The number of aromatic nitrogens is 2. The van der Waals surface area contributed by atoms with Gasteiger partial charge in [0.25, 0.3) is 0 Å². The average molecular weight is 499 g/mol. The fourth-order valence-corrected chi connectivity index (χ4v) is 3.19. The van der Waals surface area contributed by atoms with Crippen molar-refractivity contribution < 1.29 is 4.74 Å². The van der Waals surface area contributed by atoms with Crippen LogP contribution in [0.25, 0.3) is 0 Å². The van der Waals surface area contributed by atoms with E-state index < -0.39 is 0 Å². The molecule has 156 valence electrons. The number of hydrogen-bond donors (Lipinski definition) is 2. The van der Waals surface area contributed by atoms with Crippen LogP contribution in [0.5, 0.6) is 5.75 Å². The second kappa shape index (κ2) is 11.9. The normalized spacial score (nSPS) is 12.3. The van der Waals surface area contributed by atoms with Gasteiger partial charge in [0.15, 0.2) is 5.96 Å². The number of benzene rings is 1. The van der Waals surface area contributed by atoms with Crippen LogP contribution in [0.1, 0.15) is 35.9 Å². The summed E-state index contributed by atoms with van der Waals surface area (Å²) in [6.07, 6.45) is 3.00. The van der Waals surface area contributed by atoms with Crippen LogP contribution in [0, 0.1) is 13.8 Å². The Morgan fingerprint density at radius 2 is 1.93 bits per heavy atom. The lowest BCUT2D eigenvalue weighted by Crippen LogP contribution is -2.43. The first-order chi connectivity index (χ1) is 12.9. The maximum atomic E-state index is 5.19. The van der Waals surface area contributed by atoms with Gasteiger partial charge in [0, 0.05) is 32.4 Å². The van der Waals surface area contributed by atoms with E-state index in [-0.39, 0.29) is 30.0 Å². The van der Waals surface area contributed by atoms with Crippen molar-refractivity contribution >= 4 is 29.9 Å². The van der Waals surface area contributed by atoms with Crippen molar-refractivity contribution in [3.05, 3.63) is 46.8 Å². The van der Waals surface area contributed by atoms with Crippen molar-refractivity contribution in [1.29, 1.82) is 0 Å². The Morgan fingerprint density at radius 3 is 2.46 bits per heavy atom. The maximum Gasteiger partial charge on any atom is 0.191 e. The van der Waals surface area contributed by atoms with Crippen LogP contribution in [0.2, 0.25) is 0 Å². The zero-order valence-electron chi connectivity index (χ0n) is 17.9. The lowest BCUT2D eigenvalue weighted by molar-refractivity contribution is 0.414. The first-order valence-corrected chi connectivity index (χ1v) is 9.53. The Balaban J connectivity index is 0.00000392. The van der Waals surface area contributed by atoms with E-state index in [1.165, 1.54) is 16.8 Å². The zero-order valence-corrected chi connectivity index (χ0v) is 20.2. The van der Waals surface area contributed by atoms with Gasteiger partial charge in [-0.2, -0.15) is 5.10 Å². The molecule has 28 heavy (non-hydrogen) atoms. The highest BCUT2D eigenvalue weighted by Crippen LogP contribution is 2.14. The van der Waals surface area contributed by atoms with Gasteiger partial charge in [-0.3, -0.25) is 9.67 Å². The van der Waals surface area contributed by atoms with Crippen LogP contribution in [-0.2, 0) is 19.9 Å². The minimum absolute atomic E-state index is 0. The molecule has 2 rings (SSSR count). The van der Waals surface area contributed by atoms with E-state index in [1.807, 2.05) is 30.9 Å². The second-order valence-electron chi connectivity index (χ2n) is 6.97. The molecule has 0 saturated heterocycles. The number of nitrogens with zero attached hydrogens (tertiary/aromatic N) is 3. The monoisotopic (exact) mass is 499 g/mol. The minimum atomic E-state index is 0. The third-order valence-electron chi connectivity index (χ3n) is 4.87. The van der Waals surface area contributed by atoms with E-state index in [1.54, 1.807) is 7.11 Å². The molecule has 0 fully saturated rings. The number of aryl methyl sites for hydroxylation is 3. The largest absolute Gasteiger partial charge is 0.497 e. The smallest absolute Gasteiger partial charge is 0.191 e. The van der Waals surface area contributed by atoms with Crippen LogP contribution in [0.3, 0.4) is 0 Å². The molecule has 7 heteroatoms. The first kappa shape index (κ1) is 24.3. The summed E-state index contributed by atoms with van der Waals surface area (Å²) >= 11 is 0. The number of rotatable bonds is 8.